The van der Waals surface area contributed by atoms with Crippen molar-refractivity contribution in [3.8, 4) is 11.5 Å². The molecule has 0 spiro atoms. The van der Waals surface area contributed by atoms with Crippen molar-refractivity contribution in [1.82, 2.24) is 4.57 Å². The van der Waals surface area contributed by atoms with Crippen LogP contribution in [0.1, 0.15) is 44.1 Å². The standard InChI is InChI=1S/C25H25N3O8S/c1-5-7-17-21(24(30)35-6-2)22(16-12-14(33-3)8-10-18(16)34-4)27-23(29)19(37-25(27)26-17)13-15-9-11-20(36-15)28(31)32/h8-13,22H,5-7H2,1-4H3/b19-13-/t22-/m0/s1. The van der Waals surface area contributed by atoms with Crippen LogP contribution in [0.15, 0.2) is 55.8 Å². The summed E-state index contributed by atoms with van der Waals surface area (Å²) in [6.07, 6.45) is 2.60. The van der Waals surface area contributed by atoms with Gasteiger partial charge in [0.05, 0.1) is 42.7 Å². The monoisotopic (exact) mass is 527 g/mol. The molecule has 0 aliphatic carbocycles. The molecule has 11 nitrogen and oxygen atoms in total. The van der Waals surface area contributed by atoms with Crippen molar-refractivity contribution in [1.29, 1.82) is 0 Å². The smallest absolute Gasteiger partial charge is 0.433 e. The van der Waals surface area contributed by atoms with Gasteiger partial charge in [-0.2, -0.15) is 0 Å². The topological polar surface area (TPSA) is 135 Å². The third-order valence-corrected chi connectivity index (χ3v) is 6.67. The Balaban J connectivity index is 2.03. The average Bonchev–Trinajstić information content (AvgIpc) is 3.48. The first-order chi connectivity index (χ1) is 17.8. The van der Waals surface area contributed by atoms with Crippen LogP contribution in [0.25, 0.3) is 6.08 Å². The number of nitrogens with zero attached hydrogens (tertiary/aromatic N) is 3. The third-order valence-electron chi connectivity index (χ3n) is 5.69. The van der Waals surface area contributed by atoms with E-state index in [1.165, 1.54) is 37.0 Å². The molecule has 0 saturated carbocycles. The van der Waals surface area contributed by atoms with Crippen LogP contribution in [0.4, 0.5) is 5.88 Å². The summed E-state index contributed by atoms with van der Waals surface area (Å²) in [5, 5.41) is 11.0. The number of nitro groups is 1. The molecule has 0 saturated heterocycles. The molecule has 194 valence electrons. The van der Waals surface area contributed by atoms with Crippen molar-refractivity contribution in [2.45, 2.75) is 32.7 Å². The van der Waals surface area contributed by atoms with E-state index in [4.69, 9.17) is 18.6 Å². The third kappa shape index (κ3) is 4.92. The molecular weight excluding hydrogens is 502 g/mol. The summed E-state index contributed by atoms with van der Waals surface area (Å²) in [6.45, 7) is 3.81. The van der Waals surface area contributed by atoms with Gasteiger partial charge in [-0.1, -0.05) is 24.7 Å². The van der Waals surface area contributed by atoms with Gasteiger partial charge in [-0.3, -0.25) is 19.5 Å². The number of hydrogen-bond acceptors (Lipinski definition) is 10. The molecule has 2 aromatic heterocycles. The quantitative estimate of drug-likeness (QED) is 0.235. The van der Waals surface area contributed by atoms with Crippen LogP contribution in [0.3, 0.4) is 0 Å². The summed E-state index contributed by atoms with van der Waals surface area (Å²) in [5.74, 6) is 0.0823. The first kappa shape index (κ1) is 25.9. The summed E-state index contributed by atoms with van der Waals surface area (Å²) in [4.78, 5) is 42.4. The molecule has 0 radical (unpaired) electrons. The van der Waals surface area contributed by atoms with Crippen molar-refractivity contribution in [3.63, 3.8) is 0 Å². The second-order valence-corrected chi connectivity index (χ2v) is 8.96. The molecule has 1 atom stereocenters. The molecule has 0 amide bonds. The van der Waals surface area contributed by atoms with Crippen molar-refractivity contribution >= 4 is 29.3 Å². The lowest BCUT2D eigenvalue weighted by molar-refractivity contribution is -0.402. The van der Waals surface area contributed by atoms with Crippen molar-refractivity contribution < 1.29 is 28.3 Å². The maximum absolute atomic E-state index is 13.7. The molecular formula is C25H25N3O8S. The highest BCUT2D eigenvalue weighted by atomic mass is 32.1. The maximum Gasteiger partial charge on any atom is 0.433 e. The van der Waals surface area contributed by atoms with Gasteiger partial charge in [-0.25, -0.2) is 9.79 Å². The normalized spacial score (nSPS) is 15.2. The number of benzene rings is 1. The first-order valence-electron chi connectivity index (χ1n) is 11.5. The van der Waals surface area contributed by atoms with Crippen molar-refractivity contribution in [2.75, 3.05) is 20.8 Å². The number of hydrogen-bond donors (Lipinski definition) is 0. The Morgan fingerprint density at radius 1 is 1.24 bits per heavy atom. The Morgan fingerprint density at radius 2 is 2.03 bits per heavy atom. The number of fused-ring (bicyclic) bond motifs is 1. The molecule has 0 bridgehead atoms. The molecule has 3 heterocycles. The van der Waals surface area contributed by atoms with Crippen molar-refractivity contribution in [2.24, 2.45) is 4.99 Å². The Bertz CT molecular complexity index is 1560. The lowest BCUT2D eigenvalue weighted by Gasteiger charge is -2.27. The van der Waals surface area contributed by atoms with Gasteiger partial charge >= 0.3 is 11.9 Å². The zero-order valence-electron chi connectivity index (χ0n) is 20.7. The van der Waals surface area contributed by atoms with Gasteiger partial charge in [-0.15, -0.1) is 0 Å². The molecule has 12 heteroatoms. The van der Waals surface area contributed by atoms with Gasteiger partial charge in [0.25, 0.3) is 5.56 Å². The fourth-order valence-corrected chi connectivity index (χ4v) is 5.12. The molecule has 1 aromatic carbocycles. The minimum Gasteiger partial charge on any atom is -0.497 e. The number of ether oxygens (including phenoxy) is 3. The van der Waals surface area contributed by atoms with E-state index < -0.39 is 28.4 Å². The summed E-state index contributed by atoms with van der Waals surface area (Å²) in [7, 11) is 3.02. The van der Waals surface area contributed by atoms with Crippen LogP contribution in [-0.2, 0) is 9.53 Å². The summed E-state index contributed by atoms with van der Waals surface area (Å²) in [5.41, 5.74) is 0.824. The van der Waals surface area contributed by atoms with Crippen LogP contribution in [0.5, 0.6) is 11.5 Å². The fourth-order valence-electron chi connectivity index (χ4n) is 4.12. The van der Waals surface area contributed by atoms with E-state index in [1.54, 1.807) is 25.1 Å². The minimum atomic E-state index is -0.907. The van der Waals surface area contributed by atoms with Crippen LogP contribution in [-0.4, -0.2) is 36.3 Å². The second kappa shape index (κ2) is 10.8. The minimum absolute atomic E-state index is 0.144. The van der Waals surface area contributed by atoms with Gasteiger partial charge in [0, 0.05) is 11.6 Å². The molecule has 0 unspecified atom stereocenters. The molecule has 37 heavy (non-hydrogen) atoms. The maximum atomic E-state index is 13.7. The molecule has 3 aromatic rings. The number of carbonyl (C=O) groups is 1. The summed E-state index contributed by atoms with van der Waals surface area (Å²) < 4.78 is 23.3. The molecule has 1 aliphatic rings. The molecule has 1 aliphatic heterocycles. The number of methoxy groups -OCH3 is 2. The van der Waals surface area contributed by atoms with E-state index in [0.29, 0.717) is 40.4 Å². The molecule has 0 N–H and O–H groups in total. The Morgan fingerprint density at radius 3 is 2.65 bits per heavy atom. The van der Waals surface area contributed by atoms with Gasteiger partial charge in [0.1, 0.15) is 28.2 Å². The Hall–Kier alpha value is -4.19. The van der Waals surface area contributed by atoms with Crippen LogP contribution in [0.2, 0.25) is 0 Å². The van der Waals surface area contributed by atoms with Crippen LogP contribution in [0, 0.1) is 10.1 Å². The van der Waals surface area contributed by atoms with Gasteiger partial charge in [-0.05, 0) is 37.6 Å². The number of thiazole rings is 1. The second-order valence-electron chi connectivity index (χ2n) is 7.95. The average molecular weight is 528 g/mol. The number of carbonyl (C=O) groups excluding carboxylic acids is 1. The van der Waals surface area contributed by atoms with Crippen LogP contribution < -0.4 is 24.4 Å². The predicted molar refractivity (Wildman–Crippen MR) is 135 cm³/mol. The lowest BCUT2D eigenvalue weighted by Crippen LogP contribution is -2.40. The van der Waals surface area contributed by atoms with E-state index in [2.05, 4.69) is 4.99 Å². The fraction of sp³-hybridized carbons (Fsp3) is 0.320. The Labute approximate surface area is 215 Å². The predicted octanol–water partition coefficient (Wildman–Crippen LogP) is 3.10. The highest BCUT2D eigenvalue weighted by molar-refractivity contribution is 7.07. The van der Waals surface area contributed by atoms with E-state index in [1.807, 2.05) is 6.92 Å². The highest BCUT2D eigenvalue weighted by Gasteiger charge is 2.36. The zero-order chi connectivity index (χ0) is 26.7. The van der Waals surface area contributed by atoms with Gasteiger partial charge in [0.2, 0.25) is 0 Å². The summed E-state index contributed by atoms with van der Waals surface area (Å²) in [6, 6.07) is 6.85. The number of esters is 1. The van der Waals surface area contributed by atoms with E-state index in [9.17, 15) is 19.7 Å². The SMILES string of the molecule is CCCC1=C(C(=O)OCC)[C@H](c2cc(OC)ccc2OC)n2c(s/c(=C\c3ccc([N+](=O)[O-])o3)c2=O)=N1. The summed E-state index contributed by atoms with van der Waals surface area (Å²) >= 11 is 1.09. The van der Waals surface area contributed by atoms with E-state index in [-0.39, 0.29) is 22.5 Å². The zero-order valence-corrected chi connectivity index (χ0v) is 21.5. The first-order valence-corrected chi connectivity index (χ1v) is 12.3. The number of aromatic nitrogens is 1. The Kier molecular flexibility index (Phi) is 7.58. The van der Waals surface area contributed by atoms with Gasteiger partial charge < -0.3 is 18.6 Å². The van der Waals surface area contributed by atoms with E-state index in [0.717, 1.165) is 11.3 Å². The molecule has 0 fully saturated rings. The van der Waals surface area contributed by atoms with Gasteiger partial charge in [0.15, 0.2) is 4.80 Å². The van der Waals surface area contributed by atoms with E-state index >= 15 is 0 Å². The van der Waals surface area contributed by atoms with Crippen molar-refractivity contribution in [3.05, 3.63) is 82.7 Å². The number of rotatable bonds is 9. The number of furan rings is 1. The number of allylic oxidation sites excluding steroid dienone is 1. The lowest BCUT2D eigenvalue weighted by atomic mass is 9.93. The molecule has 4 rings (SSSR count). The van der Waals surface area contributed by atoms with Crippen LogP contribution >= 0.6 is 11.3 Å². The largest absolute Gasteiger partial charge is 0.497 e. The highest BCUT2D eigenvalue weighted by Crippen LogP contribution is 2.38.